The highest BCUT2D eigenvalue weighted by atomic mass is 19.1. The Kier molecular flexibility index (Phi) is 4.42. The molecule has 0 bridgehead atoms. The van der Waals surface area contributed by atoms with Gasteiger partial charge in [0.15, 0.2) is 0 Å². The molecule has 0 fully saturated rings. The van der Waals surface area contributed by atoms with Crippen molar-refractivity contribution in [3.8, 4) is 11.5 Å². The van der Waals surface area contributed by atoms with Gasteiger partial charge in [0.1, 0.15) is 17.3 Å². The normalized spacial score (nSPS) is 11.8. The number of carbonyl (C=O) groups excluding carboxylic acids is 1. The fraction of sp³-hybridized carbons (Fsp3) is 0.188. The molecule has 110 valence electrons. The van der Waals surface area contributed by atoms with E-state index in [0.717, 1.165) is 0 Å². The van der Waals surface area contributed by atoms with Crippen LogP contribution >= 0.6 is 0 Å². The van der Waals surface area contributed by atoms with Crippen molar-refractivity contribution in [3.05, 3.63) is 59.4 Å². The first-order valence-corrected chi connectivity index (χ1v) is 6.44. The van der Waals surface area contributed by atoms with Gasteiger partial charge in [0.25, 0.3) is 5.91 Å². The minimum absolute atomic E-state index is 0.109. The molecular weight excluding hydrogens is 273 g/mol. The van der Waals surface area contributed by atoms with Gasteiger partial charge in [0, 0.05) is 0 Å². The molecule has 1 unspecified atom stereocenters. The number of nitrogens with one attached hydrogen (secondary N) is 1. The quantitative estimate of drug-likeness (QED) is 0.909. The Balaban J connectivity index is 2.18. The van der Waals surface area contributed by atoms with Crippen LogP contribution in [0.2, 0.25) is 0 Å². The van der Waals surface area contributed by atoms with E-state index in [1.165, 1.54) is 31.4 Å². The molecule has 0 aliphatic rings. The Bertz CT molecular complexity index is 658. The van der Waals surface area contributed by atoms with Gasteiger partial charge in [0.2, 0.25) is 0 Å². The summed E-state index contributed by atoms with van der Waals surface area (Å²) in [5, 5.41) is 12.5. The Hall–Kier alpha value is -2.56. The molecule has 0 aromatic heterocycles. The predicted molar refractivity (Wildman–Crippen MR) is 76.9 cm³/mol. The van der Waals surface area contributed by atoms with E-state index in [9.17, 15) is 14.3 Å². The molecule has 5 heteroatoms. The minimum Gasteiger partial charge on any atom is -0.507 e. The van der Waals surface area contributed by atoms with Crippen molar-refractivity contribution in [2.75, 3.05) is 7.11 Å². The number of rotatable bonds is 4. The first kappa shape index (κ1) is 14.8. The zero-order valence-corrected chi connectivity index (χ0v) is 11.8. The van der Waals surface area contributed by atoms with Crippen molar-refractivity contribution in [2.24, 2.45) is 0 Å². The third kappa shape index (κ3) is 3.51. The summed E-state index contributed by atoms with van der Waals surface area (Å²) >= 11 is 0. The van der Waals surface area contributed by atoms with Crippen LogP contribution in [0.3, 0.4) is 0 Å². The summed E-state index contributed by atoms with van der Waals surface area (Å²) in [7, 11) is 1.48. The molecule has 4 nitrogen and oxygen atoms in total. The zero-order valence-electron chi connectivity index (χ0n) is 11.8. The molecule has 0 aliphatic heterocycles. The second kappa shape index (κ2) is 6.26. The fourth-order valence-electron chi connectivity index (χ4n) is 1.96. The van der Waals surface area contributed by atoms with Gasteiger partial charge in [-0.3, -0.25) is 4.79 Å². The van der Waals surface area contributed by atoms with Crippen LogP contribution in [0.25, 0.3) is 0 Å². The highest BCUT2D eigenvalue weighted by Crippen LogP contribution is 2.23. The van der Waals surface area contributed by atoms with Gasteiger partial charge < -0.3 is 15.2 Å². The molecule has 0 aliphatic carbocycles. The molecule has 0 heterocycles. The summed E-state index contributed by atoms with van der Waals surface area (Å²) in [6.45, 7) is 1.74. The van der Waals surface area contributed by atoms with Gasteiger partial charge in [-0.25, -0.2) is 4.39 Å². The number of hydrogen-bond donors (Lipinski definition) is 2. The van der Waals surface area contributed by atoms with Gasteiger partial charge in [0.05, 0.1) is 18.7 Å². The largest absolute Gasteiger partial charge is 0.507 e. The van der Waals surface area contributed by atoms with E-state index in [0.29, 0.717) is 11.3 Å². The van der Waals surface area contributed by atoms with Gasteiger partial charge in [-0.1, -0.05) is 12.1 Å². The predicted octanol–water partition coefficient (Wildman–Crippen LogP) is 3.03. The Morgan fingerprint density at radius 2 is 2.05 bits per heavy atom. The van der Waals surface area contributed by atoms with E-state index in [-0.39, 0.29) is 23.2 Å². The highest BCUT2D eigenvalue weighted by molar-refractivity contribution is 5.97. The maximum absolute atomic E-state index is 13.2. The Morgan fingerprint density at radius 3 is 2.71 bits per heavy atom. The van der Waals surface area contributed by atoms with E-state index in [2.05, 4.69) is 5.32 Å². The lowest BCUT2D eigenvalue weighted by atomic mass is 10.1. The van der Waals surface area contributed by atoms with E-state index < -0.39 is 5.91 Å². The summed E-state index contributed by atoms with van der Waals surface area (Å²) in [6, 6.07) is 10.0. The molecule has 0 radical (unpaired) electrons. The fourth-order valence-corrected chi connectivity index (χ4v) is 1.96. The van der Waals surface area contributed by atoms with Gasteiger partial charge >= 0.3 is 0 Å². The third-order valence-electron chi connectivity index (χ3n) is 3.14. The van der Waals surface area contributed by atoms with Crippen LogP contribution < -0.4 is 10.1 Å². The zero-order chi connectivity index (χ0) is 15.4. The van der Waals surface area contributed by atoms with Crippen molar-refractivity contribution in [1.82, 2.24) is 5.32 Å². The molecule has 0 saturated carbocycles. The molecule has 0 saturated heterocycles. The van der Waals surface area contributed by atoms with Crippen LogP contribution in [0.15, 0.2) is 42.5 Å². The molecular formula is C16H16FNO3. The SMILES string of the molecule is COc1ccc(O)c(C(=O)NC(C)c2cccc(F)c2)c1. The van der Waals surface area contributed by atoms with Crippen molar-refractivity contribution >= 4 is 5.91 Å². The smallest absolute Gasteiger partial charge is 0.255 e. The van der Waals surface area contributed by atoms with E-state index >= 15 is 0 Å². The van der Waals surface area contributed by atoms with E-state index in [1.54, 1.807) is 25.1 Å². The standard InChI is InChI=1S/C16H16FNO3/c1-10(11-4-3-5-12(17)8-11)18-16(20)14-9-13(21-2)6-7-15(14)19/h3-10,19H,1-2H3,(H,18,20). The summed E-state index contributed by atoms with van der Waals surface area (Å²) < 4.78 is 18.2. The molecule has 2 rings (SSSR count). The average molecular weight is 289 g/mol. The molecule has 21 heavy (non-hydrogen) atoms. The lowest BCUT2D eigenvalue weighted by molar-refractivity contribution is 0.0936. The summed E-state index contributed by atoms with van der Waals surface area (Å²) in [5.74, 6) is -0.489. The monoisotopic (exact) mass is 289 g/mol. The molecule has 0 spiro atoms. The molecule has 2 N–H and O–H groups in total. The highest BCUT2D eigenvalue weighted by Gasteiger charge is 2.16. The molecule has 2 aromatic rings. The van der Waals surface area contributed by atoms with Crippen molar-refractivity contribution in [3.63, 3.8) is 0 Å². The first-order valence-electron chi connectivity index (χ1n) is 6.44. The summed E-state index contributed by atoms with van der Waals surface area (Å²) in [5.41, 5.74) is 0.753. The number of ether oxygens (including phenoxy) is 1. The van der Waals surface area contributed by atoms with Gasteiger partial charge in [-0.05, 0) is 42.8 Å². The molecule has 2 aromatic carbocycles. The average Bonchev–Trinajstić information content (AvgIpc) is 2.47. The topological polar surface area (TPSA) is 58.6 Å². The number of halogens is 1. The van der Waals surface area contributed by atoms with Crippen LogP contribution in [0, 0.1) is 5.82 Å². The Labute approximate surface area is 122 Å². The van der Waals surface area contributed by atoms with Crippen LogP contribution in [0.1, 0.15) is 28.9 Å². The van der Waals surface area contributed by atoms with Crippen molar-refractivity contribution < 1.29 is 19.0 Å². The second-order valence-corrected chi connectivity index (χ2v) is 4.63. The molecule has 1 atom stereocenters. The maximum Gasteiger partial charge on any atom is 0.255 e. The third-order valence-corrected chi connectivity index (χ3v) is 3.14. The summed E-state index contributed by atoms with van der Waals surface area (Å²) in [6.07, 6.45) is 0. The number of benzene rings is 2. The maximum atomic E-state index is 13.2. The van der Waals surface area contributed by atoms with Crippen LogP contribution in [0.4, 0.5) is 4.39 Å². The Morgan fingerprint density at radius 1 is 1.29 bits per heavy atom. The van der Waals surface area contributed by atoms with E-state index in [4.69, 9.17) is 4.74 Å². The van der Waals surface area contributed by atoms with Crippen LogP contribution in [-0.4, -0.2) is 18.1 Å². The first-order chi connectivity index (χ1) is 10.0. The number of hydrogen-bond acceptors (Lipinski definition) is 3. The van der Waals surface area contributed by atoms with Crippen molar-refractivity contribution in [1.29, 1.82) is 0 Å². The second-order valence-electron chi connectivity index (χ2n) is 4.63. The van der Waals surface area contributed by atoms with Crippen LogP contribution in [0.5, 0.6) is 11.5 Å². The van der Waals surface area contributed by atoms with Crippen LogP contribution in [-0.2, 0) is 0 Å². The summed E-state index contributed by atoms with van der Waals surface area (Å²) in [4.78, 5) is 12.2. The number of phenolic OH excluding ortho intramolecular Hbond substituents is 1. The number of methoxy groups -OCH3 is 1. The lowest BCUT2D eigenvalue weighted by Crippen LogP contribution is -2.26. The number of amides is 1. The minimum atomic E-state index is -0.455. The number of phenols is 1. The number of carbonyl (C=O) groups is 1. The van der Waals surface area contributed by atoms with E-state index in [1.807, 2.05) is 0 Å². The van der Waals surface area contributed by atoms with Crippen molar-refractivity contribution in [2.45, 2.75) is 13.0 Å². The number of aromatic hydroxyl groups is 1. The lowest BCUT2D eigenvalue weighted by Gasteiger charge is -2.15. The molecule has 1 amide bonds. The van der Waals surface area contributed by atoms with Gasteiger partial charge in [-0.2, -0.15) is 0 Å². The van der Waals surface area contributed by atoms with Gasteiger partial charge in [-0.15, -0.1) is 0 Å².